The first kappa shape index (κ1) is 20.6. The Balaban J connectivity index is 1.63. The molecule has 152 valence electrons. The first-order valence-corrected chi connectivity index (χ1v) is 10.5. The largest absolute Gasteiger partial charge is 0.361 e. The predicted molar refractivity (Wildman–Crippen MR) is 110 cm³/mol. The van der Waals surface area contributed by atoms with Crippen molar-refractivity contribution in [1.82, 2.24) is 20.6 Å². The first-order valence-electron chi connectivity index (χ1n) is 9.03. The summed E-state index contributed by atoms with van der Waals surface area (Å²) in [5.74, 6) is -1.01. The molecule has 29 heavy (non-hydrogen) atoms. The van der Waals surface area contributed by atoms with Gasteiger partial charge in [0.05, 0.1) is 11.3 Å². The van der Waals surface area contributed by atoms with Gasteiger partial charge in [0.15, 0.2) is 0 Å². The van der Waals surface area contributed by atoms with Crippen LogP contribution in [-0.2, 0) is 21.2 Å². The van der Waals surface area contributed by atoms with E-state index in [1.807, 2.05) is 24.3 Å². The summed E-state index contributed by atoms with van der Waals surface area (Å²) in [6.45, 7) is 3.41. The van der Waals surface area contributed by atoms with Crippen LogP contribution in [0.3, 0.4) is 0 Å². The molecule has 9 heteroatoms. The number of para-hydroxylation sites is 1. The monoisotopic (exact) mass is 414 g/mol. The Hall–Kier alpha value is -3.17. The Labute approximate surface area is 168 Å². The third-order valence-corrected chi connectivity index (χ3v) is 5.79. The number of nitrogens with one attached hydrogen (secondary N) is 4. The maximum absolute atomic E-state index is 12.3. The van der Waals surface area contributed by atoms with Crippen molar-refractivity contribution in [2.75, 3.05) is 0 Å². The molecule has 0 radical (unpaired) electrons. The number of hydrogen-bond donors (Lipinski definition) is 4. The summed E-state index contributed by atoms with van der Waals surface area (Å²) in [5, 5.41) is 0.935. The van der Waals surface area contributed by atoms with E-state index in [2.05, 4.69) is 20.6 Å². The number of carbonyl (C=O) groups is 2. The van der Waals surface area contributed by atoms with Gasteiger partial charge in [0.25, 0.3) is 5.91 Å². The summed E-state index contributed by atoms with van der Waals surface area (Å²) in [5.41, 5.74) is 6.52. The van der Waals surface area contributed by atoms with Gasteiger partial charge in [-0.25, -0.2) is 13.1 Å². The molecular weight excluding hydrogens is 392 g/mol. The second kappa shape index (κ2) is 8.46. The molecule has 2 amide bonds. The lowest BCUT2D eigenvalue weighted by molar-refractivity contribution is -0.121. The van der Waals surface area contributed by atoms with E-state index in [1.165, 1.54) is 24.3 Å². The number of sulfonamides is 1. The van der Waals surface area contributed by atoms with E-state index in [0.29, 0.717) is 0 Å². The topological polar surface area (TPSA) is 120 Å². The van der Waals surface area contributed by atoms with Crippen molar-refractivity contribution >= 4 is 32.7 Å². The molecule has 0 aliphatic carbocycles. The Morgan fingerprint density at radius 2 is 1.79 bits per heavy atom. The number of hydrogen-bond acceptors (Lipinski definition) is 4. The number of amides is 2. The lowest BCUT2D eigenvalue weighted by Gasteiger charge is -2.11. The molecule has 0 atom stereocenters. The Bertz CT molecular complexity index is 1150. The zero-order valence-electron chi connectivity index (χ0n) is 16.0. The number of carbonyl (C=O) groups excluding carboxylic acids is 2. The zero-order chi connectivity index (χ0) is 21.0. The van der Waals surface area contributed by atoms with Crippen LogP contribution < -0.4 is 15.6 Å². The van der Waals surface area contributed by atoms with Gasteiger partial charge in [-0.3, -0.25) is 20.4 Å². The van der Waals surface area contributed by atoms with E-state index in [4.69, 9.17) is 0 Å². The lowest BCUT2D eigenvalue weighted by Crippen LogP contribution is -2.42. The zero-order valence-corrected chi connectivity index (χ0v) is 16.8. The SMILES string of the molecule is CC(C)NS(=O)(=O)c1cccc(C(=O)NNC(=O)Cc2c[nH]c3ccccc23)c1. The molecule has 0 aliphatic rings. The van der Waals surface area contributed by atoms with Crippen molar-refractivity contribution in [2.24, 2.45) is 0 Å². The van der Waals surface area contributed by atoms with Crippen molar-refractivity contribution in [1.29, 1.82) is 0 Å². The van der Waals surface area contributed by atoms with Crippen molar-refractivity contribution in [2.45, 2.75) is 31.2 Å². The van der Waals surface area contributed by atoms with E-state index in [1.54, 1.807) is 20.0 Å². The number of aromatic nitrogens is 1. The summed E-state index contributed by atoms with van der Waals surface area (Å²) in [6, 6.07) is 12.9. The standard InChI is InChI=1S/C20H22N4O4S/c1-13(2)24-29(27,28)16-7-5-6-14(10-16)20(26)23-22-19(25)11-15-12-21-18-9-4-3-8-17(15)18/h3-10,12-13,21,24H,11H2,1-2H3,(H,22,25)(H,23,26). The minimum Gasteiger partial charge on any atom is -0.361 e. The number of benzene rings is 2. The molecule has 3 rings (SSSR count). The molecule has 0 bridgehead atoms. The van der Waals surface area contributed by atoms with Crippen LogP contribution in [-0.4, -0.2) is 31.3 Å². The van der Waals surface area contributed by atoms with Gasteiger partial charge in [-0.15, -0.1) is 0 Å². The quantitative estimate of drug-likeness (QED) is 0.460. The summed E-state index contributed by atoms with van der Waals surface area (Å²) < 4.78 is 27.0. The van der Waals surface area contributed by atoms with Gasteiger partial charge in [-0.05, 0) is 43.7 Å². The summed E-state index contributed by atoms with van der Waals surface area (Å²) in [6.07, 6.45) is 1.83. The molecule has 1 heterocycles. The minimum absolute atomic E-state index is 0.0241. The Morgan fingerprint density at radius 3 is 2.55 bits per heavy atom. The van der Waals surface area contributed by atoms with Crippen LogP contribution in [0.1, 0.15) is 29.8 Å². The molecule has 4 N–H and O–H groups in total. The van der Waals surface area contributed by atoms with Gasteiger partial charge in [0.2, 0.25) is 15.9 Å². The summed E-state index contributed by atoms with van der Waals surface area (Å²) in [4.78, 5) is 27.6. The second-order valence-electron chi connectivity index (χ2n) is 6.84. The maximum Gasteiger partial charge on any atom is 0.269 e. The van der Waals surface area contributed by atoms with Crippen LogP contribution in [0.4, 0.5) is 0 Å². The summed E-state index contributed by atoms with van der Waals surface area (Å²) >= 11 is 0. The smallest absolute Gasteiger partial charge is 0.269 e. The molecular formula is C20H22N4O4S. The van der Waals surface area contributed by atoms with E-state index in [-0.39, 0.29) is 22.9 Å². The predicted octanol–water partition coefficient (Wildman–Crippen LogP) is 1.86. The molecule has 8 nitrogen and oxygen atoms in total. The molecule has 2 aromatic carbocycles. The number of hydrazine groups is 1. The van der Waals surface area contributed by atoms with Crippen molar-refractivity contribution < 1.29 is 18.0 Å². The fourth-order valence-corrected chi connectivity index (χ4v) is 4.17. The Morgan fingerprint density at radius 1 is 1.03 bits per heavy atom. The highest BCUT2D eigenvalue weighted by atomic mass is 32.2. The average molecular weight is 414 g/mol. The highest BCUT2D eigenvalue weighted by Gasteiger charge is 2.17. The van der Waals surface area contributed by atoms with Crippen molar-refractivity contribution in [3.8, 4) is 0 Å². The van der Waals surface area contributed by atoms with E-state index < -0.39 is 21.8 Å². The highest BCUT2D eigenvalue weighted by molar-refractivity contribution is 7.89. The number of aromatic amines is 1. The van der Waals surface area contributed by atoms with Crippen LogP contribution in [0.25, 0.3) is 10.9 Å². The average Bonchev–Trinajstić information content (AvgIpc) is 3.08. The number of H-pyrrole nitrogens is 1. The fraction of sp³-hybridized carbons (Fsp3) is 0.200. The van der Waals surface area contributed by atoms with Crippen LogP contribution in [0, 0.1) is 0 Å². The van der Waals surface area contributed by atoms with Crippen LogP contribution >= 0.6 is 0 Å². The van der Waals surface area contributed by atoms with Crippen LogP contribution in [0.5, 0.6) is 0 Å². The Kier molecular flexibility index (Phi) is 6.00. The molecule has 1 aromatic heterocycles. The molecule has 0 saturated heterocycles. The normalized spacial score (nSPS) is 11.6. The third-order valence-electron chi connectivity index (χ3n) is 4.14. The van der Waals surface area contributed by atoms with Crippen molar-refractivity contribution in [3.63, 3.8) is 0 Å². The van der Waals surface area contributed by atoms with Gasteiger partial charge in [0, 0.05) is 28.7 Å². The van der Waals surface area contributed by atoms with E-state index in [9.17, 15) is 18.0 Å². The van der Waals surface area contributed by atoms with Crippen LogP contribution in [0.2, 0.25) is 0 Å². The lowest BCUT2D eigenvalue weighted by atomic mass is 10.1. The molecule has 0 unspecified atom stereocenters. The van der Waals surface area contributed by atoms with Crippen molar-refractivity contribution in [3.05, 3.63) is 65.9 Å². The van der Waals surface area contributed by atoms with Gasteiger partial charge in [-0.1, -0.05) is 24.3 Å². The molecule has 0 fully saturated rings. The molecule has 0 saturated carbocycles. The van der Waals surface area contributed by atoms with Crippen LogP contribution in [0.15, 0.2) is 59.6 Å². The van der Waals surface area contributed by atoms with E-state index in [0.717, 1.165) is 16.5 Å². The molecule has 0 spiro atoms. The first-order chi connectivity index (χ1) is 13.8. The highest BCUT2D eigenvalue weighted by Crippen LogP contribution is 2.18. The summed E-state index contributed by atoms with van der Waals surface area (Å²) in [7, 11) is -3.72. The number of rotatable bonds is 6. The number of fused-ring (bicyclic) bond motifs is 1. The molecule has 3 aromatic rings. The maximum atomic E-state index is 12.3. The molecule has 0 aliphatic heterocycles. The van der Waals surface area contributed by atoms with E-state index >= 15 is 0 Å². The second-order valence-corrected chi connectivity index (χ2v) is 8.56. The van der Waals surface area contributed by atoms with Gasteiger partial charge < -0.3 is 4.98 Å². The van der Waals surface area contributed by atoms with Gasteiger partial charge in [0.1, 0.15) is 0 Å². The van der Waals surface area contributed by atoms with Gasteiger partial charge in [-0.2, -0.15) is 0 Å². The van der Waals surface area contributed by atoms with Gasteiger partial charge >= 0.3 is 0 Å². The minimum atomic E-state index is -3.72. The fourth-order valence-electron chi connectivity index (χ4n) is 2.88. The third kappa shape index (κ3) is 5.01.